The van der Waals surface area contributed by atoms with Gasteiger partial charge in [-0.2, -0.15) is 22.0 Å². The first kappa shape index (κ1) is 20.6. The lowest BCUT2D eigenvalue weighted by Crippen LogP contribution is -2.67. The Balaban J connectivity index is 2.19. The van der Waals surface area contributed by atoms with Gasteiger partial charge < -0.3 is 9.64 Å². The smallest absolute Gasteiger partial charge is 0.445 e. The first-order chi connectivity index (χ1) is 12.9. The minimum Gasteiger partial charge on any atom is -0.445 e. The van der Waals surface area contributed by atoms with E-state index in [1.165, 1.54) is 24.3 Å². The average Bonchev–Trinajstić information content (AvgIpc) is 2.59. The molecule has 1 aliphatic rings. The lowest BCUT2D eigenvalue weighted by atomic mass is 9.68. The summed E-state index contributed by atoms with van der Waals surface area (Å²) in [7, 11) is 3.49. The molecule has 0 spiro atoms. The summed E-state index contributed by atoms with van der Waals surface area (Å²) in [6.45, 7) is 0. The molecule has 1 aliphatic heterocycles. The van der Waals surface area contributed by atoms with Crippen molar-refractivity contribution in [2.75, 3.05) is 19.0 Å². The van der Waals surface area contributed by atoms with Gasteiger partial charge in [-0.25, -0.2) is 0 Å². The average molecular weight is 464 g/mol. The second kappa shape index (κ2) is 6.72. The number of carbonyl (C=O) groups is 1. The monoisotopic (exact) mass is 463 g/mol. The molecule has 3 rings (SSSR count). The van der Waals surface area contributed by atoms with E-state index in [-0.39, 0.29) is 5.56 Å². The van der Waals surface area contributed by atoms with Crippen LogP contribution in [0.25, 0.3) is 0 Å². The predicted octanol–water partition coefficient (Wildman–Crippen LogP) is 5.25. The Labute approximate surface area is 166 Å². The van der Waals surface area contributed by atoms with Gasteiger partial charge in [0.15, 0.2) is 0 Å². The van der Waals surface area contributed by atoms with Crippen molar-refractivity contribution < 1.29 is 31.5 Å². The predicted molar refractivity (Wildman–Crippen MR) is 96.4 cm³/mol. The van der Waals surface area contributed by atoms with Crippen LogP contribution in [0.2, 0.25) is 0 Å². The number of carbonyl (C=O) groups excluding carboxylic acids is 1. The largest absolute Gasteiger partial charge is 0.458 e. The summed E-state index contributed by atoms with van der Waals surface area (Å²) >= 11 is 3.11. The molecule has 2 atom stereocenters. The van der Waals surface area contributed by atoms with E-state index >= 15 is 0 Å². The third-order valence-corrected chi connectivity index (χ3v) is 5.27. The maximum absolute atomic E-state index is 14.7. The van der Waals surface area contributed by atoms with Crippen molar-refractivity contribution in [1.29, 1.82) is 0 Å². The summed E-state index contributed by atoms with van der Waals surface area (Å²) in [5, 5.41) is 0. The Morgan fingerprint density at radius 2 is 1.50 bits per heavy atom. The fraction of sp³-hybridized carbons (Fsp3) is 0.316. The molecule has 0 aromatic heterocycles. The zero-order chi connectivity index (χ0) is 20.9. The van der Waals surface area contributed by atoms with Crippen molar-refractivity contribution in [3.63, 3.8) is 0 Å². The zero-order valence-electron chi connectivity index (χ0n) is 14.7. The fourth-order valence-corrected chi connectivity index (χ4v) is 3.54. The summed E-state index contributed by atoms with van der Waals surface area (Å²) in [6.07, 6.45) is -5.91. The third kappa shape index (κ3) is 2.96. The highest BCUT2D eigenvalue weighted by atomic mass is 79.9. The van der Waals surface area contributed by atoms with E-state index in [1.807, 2.05) is 0 Å². The maximum atomic E-state index is 14.7. The van der Waals surface area contributed by atoms with E-state index in [0.29, 0.717) is 10.2 Å². The molecule has 1 fully saturated rings. The Morgan fingerprint density at radius 3 is 1.93 bits per heavy atom. The molecule has 2 aromatic carbocycles. The van der Waals surface area contributed by atoms with Gasteiger partial charge in [0.2, 0.25) is 5.60 Å². The third-order valence-electron chi connectivity index (χ3n) is 4.74. The van der Waals surface area contributed by atoms with Crippen molar-refractivity contribution in [1.82, 2.24) is 0 Å². The van der Waals surface area contributed by atoms with Gasteiger partial charge in [-0.05, 0) is 29.8 Å². The van der Waals surface area contributed by atoms with Crippen LogP contribution in [0.15, 0.2) is 53.0 Å². The summed E-state index contributed by atoms with van der Waals surface area (Å²) in [5.74, 6) is -8.24. The first-order valence-corrected chi connectivity index (χ1v) is 8.92. The summed E-state index contributed by atoms with van der Waals surface area (Å²) in [4.78, 5) is 13.9. The van der Waals surface area contributed by atoms with Crippen LogP contribution in [0.4, 0.5) is 27.6 Å². The van der Waals surface area contributed by atoms with Crippen LogP contribution in [0.1, 0.15) is 17.0 Å². The lowest BCUT2D eigenvalue weighted by molar-refractivity contribution is -0.370. The normalized spacial score (nSPS) is 22.4. The number of halogens is 6. The molecule has 2 aromatic rings. The molecule has 0 aliphatic carbocycles. The second-order valence-electron chi connectivity index (χ2n) is 6.65. The SMILES string of the molecule is CN(C)c1ccc([C@@H]2C(=O)O[C@@]2(c2ccc(Br)cc2)C(F)(F)C(F)(F)F)cc1. The van der Waals surface area contributed by atoms with Gasteiger partial charge in [0, 0.05) is 29.8 Å². The van der Waals surface area contributed by atoms with Crippen LogP contribution in [-0.4, -0.2) is 32.2 Å². The summed E-state index contributed by atoms with van der Waals surface area (Å²) < 4.78 is 74.6. The number of ether oxygens (including phenoxy) is 1. The summed E-state index contributed by atoms with van der Waals surface area (Å²) in [5.41, 5.74) is -2.89. The maximum Gasteiger partial charge on any atom is 0.458 e. The standard InChI is InChI=1S/C19H15BrF5NO2/c1-26(2)14-9-3-11(4-10-14)15-16(27)28-17(15,18(21,22)19(23,24)25)12-5-7-13(20)8-6-12/h3-10,15H,1-2H3/t15-,17-/m1/s1. The zero-order valence-corrected chi connectivity index (χ0v) is 16.3. The van der Waals surface area contributed by atoms with Crippen LogP contribution in [-0.2, 0) is 15.1 Å². The van der Waals surface area contributed by atoms with E-state index in [1.54, 1.807) is 31.1 Å². The van der Waals surface area contributed by atoms with Crippen LogP contribution in [0.5, 0.6) is 0 Å². The molecular weight excluding hydrogens is 449 g/mol. The molecule has 0 unspecified atom stereocenters. The molecule has 0 radical (unpaired) electrons. The Bertz CT molecular complexity index is 881. The van der Waals surface area contributed by atoms with Crippen molar-refractivity contribution >= 4 is 27.6 Å². The summed E-state index contributed by atoms with van der Waals surface area (Å²) in [6, 6.07) is 10.6. The minimum absolute atomic E-state index is 0.0219. The molecule has 0 saturated carbocycles. The number of benzene rings is 2. The van der Waals surface area contributed by atoms with Gasteiger partial charge in [-0.15, -0.1) is 0 Å². The van der Waals surface area contributed by atoms with Gasteiger partial charge in [0.05, 0.1) is 0 Å². The Kier molecular flexibility index (Phi) is 4.94. The molecule has 28 heavy (non-hydrogen) atoms. The van der Waals surface area contributed by atoms with E-state index < -0.39 is 35.2 Å². The van der Waals surface area contributed by atoms with Crippen LogP contribution < -0.4 is 4.90 Å². The fourth-order valence-electron chi connectivity index (χ4n) is 3.28. The van der Waals surface area contributed by atoms with Gasteiger partial charge in [0.1, 0.15) is 5.92 Å². The lowest BCUT2D eigenvalue weighted by Gasteiger charge is -2.51. The van der Waals surface area contributed by atoms with Gasteiger partial charge in [-0.1, -0.05) is 40.2 Å². The molecule has 1 saturated heterocycles. The number of hydrogen-bond acceptors (Lipinski definition) is 3. The number of rotatable bonds is 4. The Hall–Kier alpha value is -2.16. The van der Waals surface area contributed by atoms with Crippen LogP contribution in [0, 0.1) is 0 Å². The van der Waals surface area contributed by atoms with Gasteiger partial charge in [0.25, 0.3) is 0 Å². The van der Waals surface area contributed by atoms with E-state index in [0.717, 1.165) is 12.1 Å². The van der Waals surface area contributed by atoms with E-state index in [2.05, 4.69) is 20.7 Å². The topological polar surface area (TPSA) is 29.5 Å². The number of cyclic esters (lactones) is 1. The van der Waals surface area contributed by atoms with Gasteiger partial charge in [-0.3, -0.25) is 4.79 Å². The van der Waals surface area contributed by atoms with Crippen molar-refractivity contribution in [3.8, 4) is 0 Å². The molecule has 1 heterocycles. The minimum atomic E-state index is -5.91. The Morgan fingerprint density at radius 1 is 0.964 bits per heavy atom. The number of esters is 1. The van der Waals surface area contributed by atoms with Crippen LogP contribution in [0.3, 0.4) is 0 Å². The number of alkyl halides is 5. The van der Waals surface area contributed by atoms with E-state index in [4.69, 9.17) is 0 Å². The van der Waals surface area contributed by atoms with Gasteiger partial charge >= 0.3 is 18.1 Å². The number of nitrogens with zero attached hydrogens (tertiary/aromatic N) is 1. The molecular formula is C19H15BrF5NO2. The van der Waals surface area contributed by atoms with Crippen molar-refractivity contribution in [3.05, 3.63) is 64.1 Å². The quantitative estimate of drug-likeness (QED) is 0.458. The second-order valence-corrected chi connectivity index (χ2v) is 7.57. The molecule has 0 N–H and O–H groups in total. The molecule has 150 valence electrons. The molecule has 3 nitrogen and oxygen atoms in total. The number of hydrogen-bond donors (Lipinski definition) is 0. The first-order valence-electron chi connectivity index (χ1n) is 8.12. The molecule has 0 amide bonds. The van der Waals surface area contributed by atoms with Crippen LogP contribution >= 0.6 is 15.9 Å². The van der Waals surface area contributed by atoms with E-state index in [9.17, 15) is 26.7 Å². The molecule has 0 bridgehead atoms. The number of anilines is 1. The molecule has 9 heteroatoms. The highest BCUT2D eigenvalue weighted by Crippen LogP contribution is 2.62. The van der Waals surface area contributed by atoms with Crippen molar-refractivity contribution in [2.45, 2.75) is 23.6 Å². The highest BCUT2D eigenvalue weighted by molar-refractivity contribution is 9.10. The van der Waals surface area contributed by atoms with Crippen molar-refractivity contribution in [2.24, 2.45) is 0 Å². The highest BCUT2D eigenvalue weighted by Gasteiger charge is 2.81.